The van der Waals surface area contributed by atoms with Crippen LogP contribution in [0.5, 0.6) is 5.75 Å². The lowest BCUT2D eigenvalue weighted by Gasteiger charge is -2.31. The van der Waals surface area contributed by atoms with Gasteiger partial charge in [-0.05, 0) is 31.0 Å². The number of nitrogens with zero attached hydrogens (tertiary/aromatic N) is 1. The largest absolute Gasteiger partial charge is 0.492 e. The topological polar surface area (TPSA) is 59.0 Å². The molecule has 0 unspecified atom stereocenters. The molecule has 1 N–H and O–H groups in total. The molecule has 21 heavy (non-hydrogen) atoms. The molecule has 1 fully saturated rings. The van der Waals surface area contributed by atoms with E-state index >= 15 is 0 Å². The van der Waals surface area contributed by atoms with Gasteiger partial charge in [-0.3, -0.25) is 4.90 Å². The standard InChI is InChI=1S/C15H20ClNO4/c16-12-2-1-3-14(10-12)20-9-8-17-6-4-13(5-7-17)21-11-15(18)19/h1-3,10,13H,4-9,11H2,(H,18,19). The van der Waals surface area contributed by atoms with Gasteiger partial charge in [0.15, 0.2) is 0 Å². The molecule has 116 valence electrons. The Balaban J connectivity index is 1.61. The Hall–Kier alpha value is -1.30. The predicted octanol–water partition coefficient (Wildman–Crippen LogP) is 2.28. The van der Waals surface area contributed by atoms with Crippen molar-refractivity contribution < 1.29 is 19.4 Å². The summed E-state index contributed by atoms with van der Waals surface area (Å²) in [4.78, 5) is 12.7. The molecule has 0 saturated carbocycles. The average molecular weight is 314 g/mol. The van der Waals surface area contributed by atoms with E-state index < -0.39 is 5.97 Å². The number of carbonyl (C=O) groups is 1. The molecule has 1 saturated heterocycles. The maximum atomic E-state index is 10.4. The first-order chi connectivity index (χ1) is 10.1. The first kappa shape index (κ1) is 16.1. The molecular weight excluding hydrogens is 294 g/mol. The third-order valence-corrected chi connectivity index (χ3v) is 3.68. The zero-order chi connectivity index (χ0) is 15.1. The van der Waals surface area contributed by atoms with E-state index in [0.29, 0.717) is 11.6 Å². The number of benzene rings is 1. The number of halogens is 1. The van der Waals surface area contributed by atoms with Crippen LogP contribution in [0.3, 0.4) is 0 Å². The Morgan fingerprint density at radius 2 is 2.14 bits per heavy atom. The van der Waals surface area contributed by atoms with Gasteiger partial charge in [0.1, 0.15) is 19.0 Å². The van der Waals surface area contributed by atoms with Crippen molar-refractivity contribution in [3.05, 3.63) is 29.3 Å². The lowest BCUT2D eigenvalue weighted by molar-refractivity contribution is -0.145. The Bertz CT molecular complexity index is 461. The van der Waals surface area contributed by atoms with Gasteiger partial charge < -0.3 is 14.6 Å². The average Bonchev–Trinajstić information content (AvgIpc) is 2.46. The summed E-state index contributed by atoms with van der Waals surface area (Å²) in [5, 5.41) is 9.25. The van der Waals surface area contributed by atoms with Crippen molar-refractivity contribution in [2.45, 2.75) is 18.9 Å². The van der Waals surface area contributed by atoms with E-state index in [0.717, 1.165) is 38.2 Å². The molecule has 0 amide bonds. The van der Waals surface area contributed by atoms with Crippen LogP contribution in [0.4, 0.5) is 0 Å². The summed E-state index contributed by atoms with van der Waals surface area (Å²) in [6.07, 6.45) is 1.79. The molecule has 5 nitrogen and oxygen atoms in total. The fourth-order valence-corrected chi connectivity index (χ4v) is 2.52. The SMILES string of the molecule is O=C(O)COC1CCN(CCOc2cccc(Cl)c2)CC1. The fraction of sp³-hybridized carbons (Fsp3) is 0.533. The third kappa shape index (κ3) is 5.91. The normalized spacial score (nSPS) is 16.8. The minimum absolute atomic E-state index is 0.0613. The zero-order valence-corrected chi connectivity index (χ0v) is 12.6. The van der Waals surface area contributed by atoms with Gasteiger partial charge >= 0.3 is 5.97 Å². The molecule has 0 aliphatic carbocycles. The number of carboxylic acid groups (broad SMARTS) is 1. The molecule has 2 rings (SSSR count). The van der Waals surface area contributed by atoms with E-state index in [4.69, 9.17) is 26.2 Å². The quantitative estimate of drug-likeness (QED) is 0.837. The van der Waals surface area contributed by atoms with Crippen LogP contribution in [-0.2, 0) is 9.53 Å². The van der Waals surface area contributed by atoms with Gasteiger partial charge in [0.2, 0.25) is 0 Å². The summed E-state index contributed by atoms with van der Waals surface area (Å²) in [7, 11) is 0. The maximum Gasteiger partial charge on any atom is 0.329 e. The molecule has 6 heteroatoms. The van der Waals surface area contributed by atoms with E-state index in [1.165, 1.54) is 0 Å². The molecule has 1 aromatic carbocycles. The number of carboxylic acids is 1. The second-order valence-corrected chi connectivity index (χ2v) is 5.49. The summed E-state index contributed by atoms with van der Waals surface area (Å²) < 4.78 is 11.0. The van der Waals surface area contributed by atoms with Gasteiger partial charge in [0, 0.05) is 24.7 Å². The monoisotopic (exact) mass is 313 g/mol. The third-order valence-electron chi connectivity index (χ3n) is 3.45. The molecule has 1 aromatic rings. The highest BCUT2D eigenvalue weighted by Crippen LogP contribution is 2.17. The highest BCUT2D eigenvalue weighted by Gasteiger charge is 2.20. The molecule has 0 radical (unpaired) electrons. The van der Waals surface area contributed by atoms with Crippen LogP contribution in [0.15, 0.2) is 24.3 Å². The highest BCUT2D eigenvalue weighted by atomic mass is 35.5. The molecule has 0 atom stereocenters. The van der Waals surface area contributed by atoms with Crippen molar-refractivity contribution in [2.75, 3.05) is 32.8 Å². The second-order valence-electron chi connectivity index (χ2n) is 5.05. The van der Waals surface area contributed by atoms with Crippen LogP contribution < -0.4 is 4.74 Å². The van der Waals surface area contributed by atoms with Crippen molar-refractivity contribution in [2.24, 2.45) is 0 Å². The fourth-order valence-electron chi connectivity index (χ4n) is 2.34. The van der Waals surface area contributed by atoms with Crippen LogP contribution in [0.25, 0.3) is 0 Å². The smallest absolute Gasteiger partial charge is 0.329 e. The van der Waals surface area contributed by atoms with Gasteiger partial charge in [-0.2, -0.15) is 0 Å². The molecule has 1 aliphatic rings. The van der Waals surface area contributed by atoms with Gasteiger partial charge in [-0.1, -0.05) is 17.7 Å². The lowest BCUT2D eigenvalue weighted by atomic mass is 10.1. The van der Waals surface area contributed by atoms with E-state index in [1.807, 2.05) is 18.2 Å². The summed E-state index contributed by atoms with van der Waals surface area (Å²) in [5.41, 5.74) is 0. The lowest BCUT2D eigenvalue weighted by Crippen LogP contribution is -2.39. The Labute approximate surface area is 129 Å². The second kappa shape index (κ2) is 8.22. The zero-order valence-electron chi connectivity index (χ0n) is 11.8. The first-order valence-corrected chi connectivity index (χ1v) is 7.45. The van der Waals surface area contributed by atoms with Gasteiger partial charge in [0.25, 0.3) is 0 Å². The number of rotatable bonds is 7. The molecule has 0 bridgehead atoms. The molecule has 0 aromatic heterocycles. The Morgan fingerprint density at radius 1 is 1.38 bits per heavy atom. The van der Waals surface area contributed by atoms with Crippen LogP contribution in [0.1, 0.15) is 12.8 Å². The summed E-state index contributed by atoms with van der Waals surface area (Å²) in [6.45, 7) is 3.06. The Kier molecular flexibility index (Phi) is 6.29. The molecule has 1 aliphatic heterocycles. The number of hydrogen-bond acceptors (Lipinski definition) is 4. The van der Waals surface area contributed by atoms with Crippen molar-refractivity contribution in [1.29, 1.82) is 0 Å². The molecule has 1 heterocycles. The maximum absolute atomic E-state index is 10.4. The summed E-state index contributed by atoms with van der Waals surface area (Å²) >= 11 is 5.89. The highest BCUT2D eigenvalue weighted by molar-refractivity contribution is 6.30. The first-order valence-electron chi connectivity index (χ1n) is 7.07. The predicted molar refractivity (Wildman–Crippen MR) is 80.0 cm³/mol. The van der Waals surface area contributed by atoms with E-state index in [1.54, 1.807) is 6.07 Å². The van der Waals surface area contributed by atoms with Gasteiger partial charge in [0.05, 0.1) is 6.10 Å². The van der Waals surface area contributed by atoms with Crippen LogP contribution in [-0.4, -0.2) is 54.9 Å². The molecular formula is C15H20ClNO4. The van der Waals surface area contributed by atoms with Crippen molar-refractivity contribution in [1.82, 2.24) is 4.90 Å². The van der Waals surface area contributed by atoms with E-state index in [-0.39, 0.29) is 12.7 Å². The van der Waals surface area contributed by atoms with Crippen LogP contribution in [0, 0.1) is 0 Å². The van der Waals surface area contributed by atoms with Crippen molar-refractivity contribution in [3.63, 3.8) is 0 Å². The van der Waals surface area contributed by atoms with E-state index in [2.05, 4.69) is 4.90 Å². The van der Waals surface area contributed by atoms with Crippen LogP contribution in [0.2, 0.25) is 5.02 Å². The number of aliphatic carboxylic acids is 1. The number of piperidine rings is 1. The van der Waals surface area contributed by atoms with Gasteiger partial charge in [-0.25, -0.2) is 4.79 Å². The molecule has 0 spiro atoms. The Morgan fingerprint density at radius 3 is 2.81 bits per heavy atom. The number of ether oxygens (including phenoxy) is 2. The van der Waals surface area contributed by atoms with Crippen molar-refractivity contribution in [3.8, 4) is 5.75 Å². The van der Waals surface area contributed by atoms with Crippen molar-refractivity contribution >= 4 is 17.6 Å². The minimum atomic E-state index is -0.910. The summed E-state index contributed by atoms with van der Waals surface area (Å²) in [5.74, 6) is -0.130. The summed E-state index contributed by atoms with van der Waals surface area (Å²) in [6, 6.07) is 7.37. The van der Waals surface area contributed by atoms with E-state index in [9.17, 15) is 4.79 Å². The number of hydrogen-bond donors (Lipinski definition) is 1. The minimum Gasteiger partial charge on any atom is -0.492 e. The number of likely N-dealkylation sites (tertiary alicyclic amines) is 1. The van der Waals surface area contributed by atoms with Gasteiger partial charge in [-0.15, -0.1) is 0 Å². The van der Waals surface area contributed by atoms with Crippen LogP contribution >= 0.6 is 11.6 Å².